The summed E-state index contributed by atoms with van der Waals surface area (Å²) < 4.78 is 25.1. The van der Waals surface area contributed by atoms with Crippen molar-refractivity contribution in [2.24, 2.45) is 0 Å². The lowest BCUT2D eigenvalue weighted by atomic mass is 10.1. The minimum absolute atomic E-state index is 0.170. The molecule has 0 heterocycles. The van der Waals surface area contributed by atoms with Crippen LogP contribution in [0.15, 0.2) is 29.2 Å². The molecule has 1 aromatic carbocycles. The molecule has 1 N–H and O–H groups in total. The molecule has 0 amide bonds. The summed E-state index contributed by atoms with van der Waals surface area (Å²) in [5.74, 6) is 2.60. The van der Waals surface area contributed by atoms with Gasteiger partial charge in [0.05, 0.1) is 4.90 Å². The lowest BCUT2D eigenvalue weighted by Crippen LogP contribution is -2.22. The van der Waals surface area contributed by atoms with Gasteiger partial charge in [-0.15, -0.1) is 12.3 Å². The zero-order chi connectivity index (χ0) is 15.2. The molecule has 1 rings (SSSR count). The van der Waals surface area contributed by atoms with E-state index in [1.165, 1.54) is 18.4 Å². The Balaban J connectivity index is 2.70. The molecule has 1 unspecified atom stereocenters. The van der Waals surface area contributed by atoms with Gasteiger partial charge in [0.2, 0.25) is 10.0 Å². The highest BCUT2D eigenvalue weighted by molar-refractivity contribution is 7.89. The van der Waals surface area contributed by atoms with Crippen LogP contribution >= 0.6 is 0 Å². The third-order valence-corrected chi connectivity index (χ3v) is 4.94. The van der Waals surface area contributed by atoms with E-state index in [0.29, 0.717) is 4.90 Å². The third-order valence-electron chi connectivity index (χ3n) is 3.11. The van der Waals surface area contributed by atoms with Crippen LogP contribution in [0, 0.1) is 12.3 Å². The lowest BCUT2D eigenvalue weighted by Gasteiger charge is -2.15. The van der Waals surface area contributed by atoms with E-state index in [2.05, 4.69) is 11.2 Å². The second-order valence-corrected chi connectivity index (χ2v) is 6.99. The summed E-state index contributed by atoms with van der Waals surface area (Å²) in [6.45, 7) is 2.90. The molecule has 0 radical (unpaired) electrons. The van der Waals surface area contributed by atoms with E-state index in [-0.39, 0.29) is 6.04 Å². The standard InChI is InChI=1S/C15H22N2O2S/c1-5-6-7-12-16-13(2)14-8-10-15(11-9-14)20(18,19)17(3)4/h1,8-11,13,16H,6-7,12H2,2-4H3. The molecule has 0 aliphatic heterocycles. The Morgan fingerprint density at radius 2 is 1.90 bits per heavy atom. The molecule has 0 spiro atoms. The summed E-state index contributed by atoms with van der Waals surface area (Å²) in [6.07, 6.45) is 6.90. The SMILES string of the molecule is C#CCCCNC(C)c1ccc(S(=O)(=O)N(C)C)cc1. The van der Waals surface area contributed by atoms with Gasteiger partial charge in [0.15, 0.2) is 0 Å². The van der Waals surface area contributed by atoms with Crippen LogP contribution in [-0.4, -0.2) is 33.4 Å². The zero-order valence-electron chi connectivity index (χ0n) is 12.3. The summed E-state index contributed by atoms with van der Waals surface area (Å²) in [5.41, 5.74) is 1.06. The third kappa shape index (κ3) is 4.34. The van der Waals surface area contributed by atoms with Gasteiger partial charge in [0.25, 0.3) is 0 Å². The lowest BCUT2D eigenvalue weighted by molar-refractivity contribution is 0.520. The molecule has 0 saturated carbocycles. The fourth-order valence-electron chi connectivity index (χ4n) is 1.77. The molecular formula is C15H22N2O2S. The second kappa shape index (κ2) is 7.44. The van der Waals surface area contributed by atoms with Gasteiger partial charge in [-0.1, -0.05) is 12.1 Å². The van der Waals surface area contributed by atoms with E-state index in [4.69, 9.17) is 6.42 Å². The van der Waals surface area contributed by atoms with Crippen molar-refractivity contribution in [3.63, 3.8) is 0 Å². The number of hydrogen-bond donors (Lipinski definition) is 1. The first-order valence-corrected chi connectivity index (χ1v) is 8.03. The highest BCUT2D eigenvalue weighted by atomic mass is 32.2. The minimum atomic E-state index is -3.35. The first-order valence-electron chi connectivity index (χ1n) is 6.59. The first-order chi connectivity index (χ1) is 9.39. The van der Waals surface area contributed by atoms with Crippen LogP contribution in [0.3, 0.4) is 0 Å². The highest BCUT2D eigenvalue weighted by Crippen LogP contribution is 2.18. The molecule has 1 aromatic rings. The van der Waals surface area contributed by atoms with Crippen LogP contribution in [0.25, 0.3) is 0 Å². The van der Waals surface area contributed by atoms with Gasteiger partial charge in [-0.2, -0.15) is 0 Å². The molecule has 0 aliphatic rings. The van der Waals surface area contributed by atoms with Crippen molar-refractivity contribution in [3.8, 4) is 12.3 Å². The summed E-state index contributed by atoms with van der Waals surface area (Å²) >= 11 is 0. The number of sulfonamides is 1. The molecule has 20 heavy (non-hydrogen) atoms. The van der Waals surface area contributed by atoms with Gasteiger partial charge in [0.1, 0.15) is 0 Å². The van der Waals surface area contributed by atoms with Crippen LogP contribution in [0.2, 0.25) is 0 Å². The average Bonchev–Trinajstić information content (AvgIpc) is 2.43. The average molecular weight is 294 g/mol. The number of hydrogen-bond acceptors (Lipinski definition) is 3. The van der Waals surface area contributed by atoms with Crippen molar-refractivity contribution in [2.45, 2.75) is 30.7 Å². The molecule has 110 valence electrons. The molecule has 4 nitrogen and oxygen atoms in total. The fraction of sp³-hybridized carbons (Fsp3) is 0.467. The fourth-order valence-corrected chi connectivity index (χ4v) is 2.67. The Labute approximate surface area is 122 Å². The van der Waals surface area contributed by atoms with Crippen LogP contribution in [0.4, 0.5) is 0 Å². The van der Waals surface area contributed by atoms with Crippen LogP contribution in [0.5, 0.6) is 0 Å². The van der Waals surface area contributed by atoms with E-state index in [1.807, 2.05) is 19.1 Å². The normalized spacial score (nSPS) is 13.2. The molecule has 0 bridgehead atoms. The summed E-state index contributed by atoms with van der Waals surface area (Å²) in [4.78, 5) is 0.311. The van der Waals surface area contributed by atoms with Crippen LogP contribution in [0.1, 0.15) is 31.4 Å². The largest absolute Gasteiger partial charge is 0.310 e. The Morgan fingerprint density at radius 1 is 1.30 bits per heavy atom. The van der Waals surface area contributed by atoms with E-state index in [9.17, 15) is 8.42 Å². The molecular weight excluding hydrogens is 272 g/mol. The molecule has 0 aliphatic carbocycles. The first kappa shape index (κ1) is 16.7. The predicted octanol–water partition coefficient (Wildman–Crippen LogP) is 2.00. The van der Waals surface area contributed by atoms with E-state index < -0.39 is 10.0 Å². The van der Waals surface area contributed by atoms with Gasteiger partial charge < -0.3 is 5.32 Å². The van der Waals surface area contributed by atoms with Crippen LogP contribution in [-0.2, 0) is 10.0 Å². The van der Waals surface area contributed by atoms with Crippen LogP contribution < -0.4 is 5.32 Å². The maximum Gasteiger partial charge on any atom is 0.242 e. The van der Waals surface area contributed by atoms with Crippen molar-refractivity contribution in [1.82, 2.24) is 9.62 Å². The number of unbranched alkanes of at least 4 members (excludes halogenated alkanes) is 1. The summed E-state index contributed by atoms with van der Waals surface area (Å²) in [7, 11) is -0.299. The van der Waals surface area contributed by atoms with Gasteiger partial charge in [-0.05, 0) is 37.6 Å². The Hall–Kier alpha value is -1.35. The monoisotopic (exact) mass is 294 g/mol. The Kier molecular flexibility index (Phi) is 6.21. The van der Waals surface area contributed by atoms with Gasteiger partial charge in [0, 0.05) is 26.6 Å². The van der Waals surface area contributed by atoms with E-state index in [0.717, 1.165) is 24.9 Å². The van der Waals surface area contributed by atoms with E-state index in [1.54, 1.807) is 12.1 Å². The quantitative estimate of drug-likeness (QED) is 0.618. The molecule has 5 heteroatoms. The number of terminal acetylenes is 1. The number of nitrogens with zero attached hydrogens (tertiary/aromatic N) is 1. The smallest absolute Gasteiger partial charge is 0.242 e. The van der Waals surface area contributed by atoms with Crippen molar-refractivity contribution in [3.05, 3.63) is 29.8 Å². The second-order valence-electron chi connectivity index (χ2n) is 4.84. The number of nitrogens with one attached hydrogen (secondary N) is 1. The maximum absolute atomic E-state index is 11.9. The van der Waals surface area contributed by atoms with Crippen molar-refractivity contribution >= 4 is 10.0 Å². The molecule has 0 fully saturated rings. The topological polar surface area (TPSA) is 49.4 Å². The van der Waals surface area contributed by atoms with Crippen molar-refractivity contribution < 1.29 is 8.42 Å². The predicted molar refractivity (Wildman–Crippen MR) is 81.8 cm³/mol. The Morgan fingerprint density at radius 3 is 2.40 bits per heavy atom. The molecule has 1 atom stereocenters. The van der Waals surface area contributed by atoms with Crippen molar-refractivity contribution in [1.29, 1.82) is 0 Å². The maximum atomic E-state index is 11.9. The van der Waals surface area contributed by atoms with E-state index >= 15 is 0 Å². The summed E-state index contributed by atoms with van der Waals surface area (Å²) in [5, 5.41) is 3.36. The van der Waals surface area contributed by atoms with Gasteiger partial charge in [-0.3, -0.25) is 0 Å². The number of rotatable bonds is 7. The molecule has 0 saturated heterocycles. The highest BCUT2D eigenvalue weighted by Gasteiger charge is 2.17. The Bertz CT molecular complexity index is 557. The molecule has 0 aromatic heterocycles. The van der Waals surface area contributed by atoms with Gasteiger partial charge in [-0.25, -0.2) is 12.7 Å². The minimum Gasteiger partial charge on any atom is -0.310 e. The number of benzene rings is 1. The van der Waals surface area contributed by atoms with Crippen molar-refractivity contribution in [2.75, 3.05) is 20.6 Å². The zero-order valence-corrected chi connectivity index (χ0v) is 13.1. The summed E-state index contributed by atoms with van der Waals surface area (Å²) in [6, 6.07) is 7.14. The van der Waals surface area contributed by atoms with Gasteiger partial charge >= 0.3 is 0 Å².